The van der Waals surface area contributed by atoms with E-state index in [-0.39, 0.29) is 0 Å². The molecule has 0 aliphatic carbocycles. The number of nitrogens with zero attached hydrogens (tertiary/aromatic N) is 2. The van der Waals surface area contributed by atoms with Crippen molar-refractivity contribution in [1.82, 2.24) is 9.88 Å². The van der Waals surface area contributed by atoms with Gasteiger partial charge < -0.3 is 0 Å². The van der Waals surface area contributed by atoms with Crippen molar-refractivity contribution in [2.45, 2.75) is 33.9 Å². The summed E-state index contributed by atoms with van der Waals surface area (Å²) in [5.41, 5.74) is 3.97. The Morgan fingerprint density at radius 1 is 0.857 bits per heavy atom. The van der Waals surface area contributed by atoms with Gasteiger partial charge in [0.15, 0.2) is 0 Å². The zero-order valence-electron chi connectivity index (χ0n) is 13.6. The summed E-state index contributed by atoms with van der Waals surface area (Å²) in [4.78, 5) is 6.33. The number of aryl methyl sites for hydroxylation is 1. The van der Waals surface area contributed by atoms with E-state index in [1.165, 1.54) is 16.7 Å². The van der Waals surface area contributed by atoms with Crippen LogP contribution in [0, 0.1) is 6.92 Å². The van der Waals surface area contributed by atoms with Gasteiger partial charge in [0.05, 0.1) is 0 Å². The van der Waals surface area contributed by atoms with Crippen molar-refractivity contribution in [3.05, 3.63) is 77.6 Å². The van der Waals surface area contributed by atoms with E-state index in [1.807, 2.05) is 38.4 Å². The quantitative estimate of drug-likeness (QED) is 0.762. The number of hydrogen-bond donors (Lipinski definition) is 0. The maximum atomic E-state index is 4.03. The van der Waals surface area contributed by atoms with Gasteiger partial charge in [-0.2, -0.15) is 0 Å². The predicted octanol–water partition coefficient (Wildman–Crippen LogP) is 4.60. The predicted molar refractivity (Wildman–Crippen MR) is 91.1 cm³/mol. The first kappa shape index (κ1) is 17.1. The molecule has 0 bridgehead atoms. The number of hydrogen-bond acceptors (Lipinski definition) is 2. The third-order valence-corrected chi connectivity index (χ3v) is 3.11. The standard InChI is InChI=1S/C15H18N2.C4H8/c1-13-3-5-14(6-4-13)11-17(2)12-15-7-9-16-10-8-15;1-3-4-2/h3-10H,11-12H2,1-2H3;3-4H,1-2H3/b;4-3-. The van der Waals surface area contributed by atoms with E-state index in [4.69, 9.17) is 0 Å². The molecule has 2 heteroatoms. The molecule has 1 aromatic carbocycles. The highest BCUT2D eigenvalue weighted by atomic mass is 15.1. The smallest absolute Gasteiger partial charge is 0.0271 e. The summed E-state index contributed by atoms with van der Waals surface area (Å²) in [5.74, 6) is 0. The Morgan fingerprint density at radius 2 is 1.33 bits per heavy atom. The minimum absolute atomic E-state index is 0.955. The molecule has 2 aromatic rings. The zero-order chi connectivity index (χ0) is 15.5. The van der Waals surface area contributed by atoms with Crippen molar-refractivity contribution >= 4 is 0 Å². The van der Waals surface area contributed by atoms with Crippen LogP contribution in [0.4, 0.5) is 0 Å². The topological polar surface area (TPSA) is 16.1 Å². The fraction of sp³-hybridized carbons (Fsp3) is 0.316. The summed E-state index contributed by atoms with van der Waals surface area (Å²) in [7, 11) is 2.14. The van der Waals surface area contributed by atoms with E-state index in [1.54, 1.807) is 0 Å². The van der Waals surface area contributed by atoms with Crippen LogP contribution in [0.3, 0.4) is 0 Å². The van der Waals surface area contributed by atoms with Gasteiger partial charge >= 0.3 is 0 Å². The average Bonchev–Trinajstić information content (AvgIpc) is 2.51. The third kappa shape index (κ3) is 7.42. The largest absolute Gasteiger partial charge is 0.298 e. The molecule has 21 heavy (non-hydrogen) atoms. The second-order valence-corrected chi connectivity index (χ2v) is 5.18. The van der Waals surface area contributed by atoms with Crippen LogP contribution in [0.5, 0.6) is 0 Å². The van der Waals surface area contributed by atoms with Crippen LogP contribution in [0.15, 0.2) is 60.9 Å². The van der Waals surface area contributed by atoms with Crippen molar-refractivity contribution in [2.75, 3.05) is 7.05 Å². The number of pyridine rings is 1. The van der Waals surface area contributed by atoms with E-state index in [2.05, 4.69) is 60.3 Å². The second kappa shape index (κ2) is 9.89. The first-order chi connectivity index (χ1) is 10.2. The fourth-order valence-electron chi connectivity index (χ4n) is 1.86. The van der Waals surface area contributed by atoms with Crippen molar-refractivity contribution in [1.29, 1.82) is 0 Å². The van der Waals surface area contributed by atoms with Crippen molar-refractivity contribution in [3.8, 4) is 0 Å². The van der Waals surface area contributed by atoms with Gasteiger partial charge in [0.25, 0.3) is 0 Å². The van der Waals surface area contributed by atoms with Crippen LogP contribution in [0.2, 0.25) is 0 Å². The molecule has 1 heterocycles. The van der Waals surface area contributed by atoms with Crippen molar-refractivity contribution in [3.63, 3.8) is 0 Å². The molecule has 2 nitrogen and oxygen atoms in total. The van der Waals surface area contributed by atoms with Gasteiger partial charge in [-0.3, -0.25) is 9.88 Å². The van der Waals surface area contributed by atoms with Gasteiger partial charge in [0.2, 0.25) is 0 Å². The number of benzene rings is 1. The van der Waals surface area contributed by atoms with Crippen LogP contribution in [0.25, 0.3) is 0 Å². The molecule has 0 aliphatic rings. The van der Waals surface area contributed by atoms with Gasteiger partial charge in [0.1, 0.15) is 0 Å². The normalized spacial score (nSPS) is 10.5. The molecule has 0 N–H and O–H groups in total. The van der Waals surface area contributed by atoms with Crippen molar-refractivity contribution in [2.24, 2.45) is 0 Å². The Kier molecular flexibility index (Phi) is 8.07. The van der Waals surface area contributed by atoms with Crippen LogP contribution < -0.4 is 0 Å². The van der Waals surface area contributed by atoms with Gasteiger partial charge in [-0.1, -0.05) is 42.0 Å². The molecule has 112 valence electrons. The lowest BCUT2D eigenvalue weighted by atomic mass is 10.1. The molecule has 0 unspecified atom stereocenters. The van der Waals surface area contributed by atoms with E-state index in [0.29, 0.717) is 0 Å². The molecule has 2 rings (SSSR count). The summed E-state index contributed by atoms with van der Waals surface area (Å²) in [5, 5.41) is 0. The molecule has 0 saturated heterocycles. The van der Waals surface area contributed by atoms with Gasteiger partial charge in [-0.05, 0) is 51.1 Å². The molecule has 0 atom stereocenters. The highest BCUT2D eigenvalue weighted by Crippen LogP contribution is 2.08. The highest BCUT2D eigenvalue weighted by molar-refractivity contribution is 5.21. The molecule has 0 radical (unpaired) electrons. The van der Waals surface area contributed by atoms with E-state index < -0.39 is 0 Å². The van der Waals surface area contributed by atoms with Gasteiger partial charge in [-0.15, -0.1) is 0 Å². The minimum atomic E-state index is 0.955. The first-order valence-corrected chi connectivity index (χ1v) is 7.36. The number of allylic oxidation sites excluding steroid dienone is 2. The van der Waals surface area contributed by atoms with Gasteiger partial charge in [-0.25, -0.2) is 0 Å². The van der Waals surface area contributed by atoms with Gasteiger partial charge in [0, 0.05) is 25.5 Å². The summed E-state index contributed by atoms with van der Waals surface area (Å²) < 4.78 is 0. The average molecular weight is 282 g/mol. The van der Waals surface area contributed by atoms with Crippen LogP contribution in [-0.2, 0) is 13.1 Å². The Balaban J connectivity index is 0.000000491. The Bertz CT molecular complexity index is 511. The fourth-order valence-corrected chi connectivity index (χ4v) is 1.86. The lowest BCUT2D eigenvalue weighted by Gasteiger charge is -2.16. The highest BCUT2D eigenvalue weighted by Gasteiger charge is 2.01. The van der Waals surface area contributed by atoms with E-state index in [9.17, 15) is 0 Å². The molecule has 0 amide bonds. The Morgan fingerprint density at radius 3 is 1.81 bits per heavy atom. The molecular formula is C19H26N2. The second-order valence-electron chi connectivity index (χ2n) is 5.18. The summed E-state index contributed by atoms with van der Waals surface area (Å²) >= 11 is 0. The molecular weight excluding hydrogens is 256 g/mol. The third-order valence-electron chi connectivity index (χ3n) is 3.11. The maximum Gasteiger partial charge on any atom is 0.0271 e. The number of aromatic nitrogens is 1. The van der Waals surface area contributed by atoms with Crippen molar-refractivity contribution < 1.29 is 0 Å². The van der Waals surface area contributed by atoms with E-state index in [0.717, 1.165) is 13.1 Å². The maximum absolute atomic E-state index is 4.03. The summed E-state index contributed by atoms with van der Waals surface area (Å²) in [6, 6.07) is 12.8. The monoisotopic (exact) mass is 282 g/mol. The summed E-state index contributed by atoms with van der Waals surface area (Å²) in [6.45, 7) is 8.05. The SMILES string of the molecule is C/C=C\C.Cc1ccc(CN(C)Cc2ccncc2)cc1. The zero-order valence-corrected chi connectivity index (χ0v) is 13.6. The van der Waals surface area contributed by atoms with Crippen LogP contribution >= 0.6 is 0 Å². The summed E-state index contributed by atoms with van der Waals surface area (Å²) in [6.07, 6.45) is 7.68. The molecule has 0 spiro atoms. The molecule has 1 aromatic heterocycles. The lowest BCUT2D eigenvalue weighted by Crippen LogP contribution is -2.17. The van der Waals surface area contributed by atoms with Crippen LogP contribution in [-0.4, -0.2) is 16.9 Å². The Hall–Kier alpha value is -1.93. The molecule has 0 fully saturated rings. The minimum Gasteiger partial charge on any atom is -0.298 e. The van der Waals surface area contributed by atoms with Crippen LogP contribution in [0.1, 0.15) is 30.5 Å². The Labute approximate surface area is 129 Å². The van der Waals surface area contributed by atoms with E-state index >= 15 is 0 Å². The molecule has 0 aliphatic heterocycles. The first-order valence-electron chi connectivity index (χ1n) is 7.36. The lowest BCUT2D eigenvalue weighted by molar-refractivity contribution is 0.319. The molecule has 0 saturated carbocycles. The number of rotatable bonds is 4.